The van der Waals surface area contributed by atoms with Gasteiger partial charge in [0, 0.05) is 0 Å². The number of hydrogen-bond acceptors (Lipinski definition) is 0. The van der Waals surface area contributed by atoms with Crippen LogP contribution in [0, 0.1) is 6.07 Å². The van der Waals surface area contributed by atoms with Gasteiger partial charge in [0.2, 0.25) is 0 Å². The van der Waals surface area contributed by atoms with Crippen LogP contribution in [0.3, 0.4) is 0 Å². The number of unbranched alkanes of at least 4 members (excludes halogenated alkanes) is 2. The second-order valence-corrected chi connectivity index (χ2v) is 6.21. The largest absolute Gasteiger partial charge is 0.0654 e. The summed E-state index contributed by atoms with van der Waals surface area (Å²) in [6.45, 7) is 4.55. The molecule has 1 aliphatic rings. The van der Waals surface area contributed by atoms with E-state index in [9.17, 15) is 0 Å². The highest BCUT2D eigenvalue weighted by molar-refractivity contribution is 5.77. The molecule has 109 valence electrons. The SMILES string of the molecule is CCCCc1[c]c2c(cc1CCCC)-c1ccccc1C2. The molecule has 0 N–H and O–H groups in total. The first-order valence-corrected chi connectivity index (χ1v) is 8.48. The first-order valence-electron chi connectivity index (χ1n) is 8.48. The zero-order valence-corrected chi connectivity index (χ0v) is 13.3. The molecule has 0 amide bonds. The van der Waals surface area contributed by atoms with E-state index in [1.165, 1.54) is 66.3 Å². The van der Waals surface area contributed by atoms with Gasteiger partial charge in [0.05, 0.1) is 0 Å². The van der Waals surface area contributed by atoms with Crippen LogP contribution in [0.15, 0.2) is 30.3 Å². The average Bonchev–Trinajstić information content (AvgIpc) is 2.87. The van der Waals surface area contributed by atoms with Crippen molar-refractivity contribution in [1.82, 2.24) is 0 Å². The molecule has 0 saturated carbocycles. The minimum absolute atomic E-state index is 1.07. The Labute approximate surface area is 129 Å². The highest BCUT2D eigenvalue weighted by atomic mass is 14.2. The molecular weight excluding hydrogens is 252 g/mol. The van der Waals surface area contributed by atoms with Crippen LogP contribution in [0.4, 0.5) is 0 Å². The quantitative estimate of drug-likeness (QED) is 0.538. The zero-order valence-electron chi connectivity index (χ0n) is 13.3. The lowest BCUT2D eigenvalue weighted by Crippen LogP contribution is -1.98. The number of aryl methyl sites for hydroxylation is 2. The molecule has 0 heterocycles. The van der Waals surface area contributed by atoms with E-state index >= 15 is 0 Å². The molecule has 0 bridgehead atoms. The molecular formula is C21H25. The van der Waals surface area contributed by atoms with Crippen LogP contribution >= 0.6 is 0 Å². The lowest BCUT2D eigenvalue weighted by Gasteiger charge is -2.12. The first-order chi connectivity index (χ1) is 10.3. The Hall–Kier alpha value is -1.56. The van der Waals surface area contributed by atoms with Crippen molar-refractivity contribution in [3.8, 4) is 11.1 Å². The van der Waals surface area contributed by atoms with E-state index in [0.29, 0.717) is 0 Å². The first kappa shape index (κ1) is 14.4. The molecule has 2 aromatic rings. The highest BCUT2D eigenvalue weighted by Crippen LogP contribution is 2.38. The Morgan fingerprint density at radius 2 is 1.71 bits per heavy atom. The van der Waals surface area contributed by atoms with E-state index < -0.39 is 0 Å². The fourth-order valence-electron chi connectivity index (χ4n) is 3.35. The smallest absolute Gasteiger partial charge is 0.000718 e. The molecule has 0 aromatic heterocycles. The van der Waals surface area contributed by atoms with Crippen LogP contribution in [0.5, 0.6) is 0 Å². The fourth-order valence-corrected chi connectivity index (χ4v) is 3.35. The maximum atomic E-state index is 3.78. The summed E-state index contributed by atoms with van der Waals surface area (Å²) in [5, 5.41) is 0. The van der Waals surface area contributed by atoms with Gasteiger partial charge in [-0.25, -0.2) is 0 Å². The van der Waals surface area contributed by atoms with Gasteiger partial charge in [-0.3, -0.25) is 0 Å². The van der Waals surface area contributed by atoms with Gasteiger partial charge in [0.1, 0.15) is 0 Å². The van der Waals surface area contributed by atoms with Crippen molar-refractivity contribution in [2.24, 2.45) is 0 Å². The highest BCUT2D eigenvalue weighted by Gasteiger charge is 2.20. The summed E-state index contributed by atoms with van der Waals surface area (Å²) in [5.74, 6) is 0. The number of rotatable bonds is 6. The van der Waals surface area contributed by atoms with Crippen LogP contribution in [-0.4, -0.2) is 0 Å². The summed E-state index contributed by atoms with van der Waals surface area (Å²) in [7, 11) is 0. The lowest BCUT2D eigenvalue weighted by molar-refractivity contribution is 0.757. The molecule has 0 saturated heterocycles. The Morgan fingerprint density at radius 1 is 0.952 bits per heavy atom. The van der Waals surface area contributed by atoms with Gasteiger partial charge in [0.25, 0.3) is 0 Å². The van der Waals surface area contributed by atoms with Gasteiger partial charge in [-0.1, -0.05) is 57.0 Å². The molecule has 0 spiro atoms. The van der Waals surface area contributed by atoms with Gasteiger partial charge >= 0.3 is 0 Å². The second-order valence-electron chi connectivity index (χ2n) is 6.21. The predicted octanol–water partition coefficient (Wildman–Crippen LogP) is 5.74. The topological polar surface area (TPSA) is 0 Å². The maximum absolute atomic E-state index is 3.78. The summed E-state index contributed by atoms with van der Waals surface area (Å²) in [6, 6.07) is 15.1. The molecule has 0 heteroatoms. The van der Waals surface area contributed by atoms with Gasteiger partial charge < -0.3 is 0 Å². The molecule has 0 fully saturated rings. The normalized spacial score (nSPS) is 12.3. The second kappa shape index (κ2) is 6.47. The Morgan fingerprint density at radius 3 is 2.52 bits per heavy atom. The molecule has 3 rings (SSSR count). The van der Waals surface area contributed by atoms with Crippen molar-refractivity contribution >= 4 is 0 Å². The summed E-state index contributed by atoms with van der Waals surface area (Å²) >= 11 is 0. The summed E-state index contributed by atoms with van der Waals surface area (Å²) in [4.78, 5) is 0. The molecule has 0 unspecified atom stereocenters. The average molecular weight is 277 g/mol. The molecule has 1 aliphatic carbocycles. The van der Waals surface area contributed by atoms with Crippen molar-refractivity contribution in [3.63, 3.8) is 0 Å². The van der Waals surface area contributed by atoms with Gasteiger partial charge in [0.15, 0.2) is 0 Å². The number of fused-ring (bicyclic) bond motifs is 3. The summed E-state index contributed by atoms with van der Waals surface area (Å²) in [6.07, 6.45) is 8.56. The van der Waals surface area contributed by atoms with Crippen LogP contribution in [0.1, 0.15) is 61.8 Å². The lowest BCUT2D eigenvalue weighted by atomic mass is 9.92. The standard InChI is InChI=1S/C21H25/c1-3-5-9-16-13-19-14-18-11-7-8-12-20(18)21(19)15-17(16)10-6-4-2/h7-8,11-12,15H,3-6,9-10,14H2,1-2H3. The maximum Gasteiger partial charge on any atom is -0.000718 e. The van der Waals surface area contributed by atoms with E-state index in [0.717, 1.165) is 6.42 Å². The molecule has 1 radical (unpaired) electrons. The summed E-state index contributed by atoms with van der Waals surface area (Å²) < 4.78 is 0. The van der Waals surface area contributed by atoms with Crippen molar-refractivity contribution in [1.29, 1.82) is 0 Å². The van der Waals surface area contributed by atoms with Crippen molar-refractivity contribution in [3.05, 3.63) is 58.7 Å². The zero-order chi connectivity index (χ0) is 14.7. The molecule has 0 nitrogen and oxygen atoms in total. The molecule has 0 atom stereocenters. The third-order valence-corrected chi connectivity index (χ3v) is 4.59. The molecule has 0 aliphatic heterocycles. The van der Waals surface area contributed by atoms with Crippen LogP contribution < -0.4 is 0 Å². The Bertz CT molecular complexity index is 622. The van der Waals surface area contributed by atoms with Crippen LogP contribution in [-0.2, 0) is 19.3 Å². The predicted molar refractivity (Wildman–Crippen MR) is 90.7 cm³/mol. The van der Waals surface area contributed by atoms with E-state index in [1.54, 1.807) is 5.56 Å². The van der Waals surface area contributed by atoms with Crippen molar-refractivity contribution in [2.75, 3.05) is 0 Å². The van der Waals surface area contributed by atoms with Gasteiger partial charge in [-0.15, -0.1) is 0 Å². The van der Waals surface area contributed by atoms with E-state index in [1.807, 2.05) is 0 Å². The van der Waals surface area contributed by atoms with E-state index in [2.05, 4.69) is 50.2 Å². The Kier molecular flexibility index (Phi) is 4.43. The van der Waals surface area contributed by atoms with Crippen molar-refractivity contribution < 1.29 is 0 Å². The minimum Gasteiger partial charge on any atom is -0.0654 e. The van der Waals surface area contributed by atoms with Gasteiger partial charge in [-0.2, -0.15) is 0 Å². The van der Waals surface area contributed by atoms with Crippen molar-refractivity contribution in [2.45, 2.75) is 58.8 Å². The Balaban J connectivity index is 1.99. The third kappa shape index (κ3) is 2.90. The van der Waals surface area contributed by atoms with Gasteiger partial charge in [-0.05, 0) is 71.6 Å². The minimum atomic E-state index is 1.07. The molecule has 2 aromatic carbocycles. The van der Waals surface area contributed by atoms with E-state index in [-0.39, 0.29) is 0 Å². The third-order valence-electron chi connectivity index (χ3n) is 4.59. The number of hydrogen-bond donors (Lipinski definition) is 0. The summed E-state index contributed by atoms with van der Waals surface area (Å²) in [5.41, 5.74) is 8.79. The fraction of sp³-hybridized carbons (Fsp3) is 0.429. The monoisotopic (exact) mass is 277 g/mol. The van der Waals surface area contributed by atoms with Crippen LogP contribution in [0.25, 0.3) is 11.1 Å². The number of benzene rings is 2. The van der Waals surface area contributed by atoms with E-state index in [4.69, 9.17) is 0 Å². The molecule has 21 heavy (non-hydrogen) atoms. The van der Waals surface area contributed by atoms with Crippen LogP contribution in [0.2, 0.25) is 0 Å².